The molecular weight excluding hydrogens is 310 g/mol. The lowest BCUT2D eigenvalue weighted by Gasteiger charge is -2.42. The van der Waals surface area contributed by atoms with Gasteiger partial charge in [0.25, 0.3) is 0 Å². The number of hydrogen-bond acceptors (Lipinski definition) is 4. The van der Waals surface area contributed by atoms with Crippen molar-refractivity contribution in [1.82, 2.24) is 4.90 Å². The second-order valence-electron chi connectivity index (χ2n) is 7.15. The van der Waals surface area contributed by atoms with E-state index >= 15 is 0 Å². The van der Waals surface area contributed by atoms with Gasteiger partial charge in [-0.25, -0.2) is 9.59 Å². The van der Waals surface area contributed by atoms with Gasteiger partial charge in [-0.15, -0.1) is 0 Å². The Morgan fingerprint density at radius 1 is 1.29 bits per heavy atom. The highest BCUT2D eigenvalue weighted by molar-refractivity contribution is 5.85. The van der Waals surface area contributed by atoms with Gasteiger partial charge in [0.05, 0.1) is 7.11 Å². The molecule has 6 nitrogen and oxygen atoms in total. The number of rotatable bonds is 3. The Kier molecular flexibility index (Phi) is 4.78. The highest BCUT2D eigenvalue weighted by Gasteiger charge is 2.48. The van der Waals surface area contributed by atoms with Gasteiger partial charge in [0.1, 0.15) is 16.9 Å². The van der Waals surface area contributed by atoms with Crippen LogP contribution in [0.2, 0.25) is 0 Å². The number of amides is 1. The van der Waals surface area contributed by atoms with Crippen molar-refractivity contribution in [1.29, 1.82) is 0 Å². The van der Waals surface area contributed by atoms with Crippen LogP contribution >= 0.6 is 0 Å². The first kappa shape index (κ1) is 18.1. The molecule has 0 bridgehead atoms. The molecule has 6 heteroatoms. The maximum absolute atomic E-state index is 12.4. The Morgan fingerprint density at radius 3 is 2.50 bits per heavy atom. The van der Waals surface area contributed by atoms with E-state index in [2.05, 4.69) is 0 Å². The molecule has 1 aliphatic rings. The molecule has 1 N–H and O–H groups in total. The fourth-order valence-corrected chi connectivity index (χ4v) is 3.08. The number of carboxylic acids is 1. The van der Waals surface area contributed by atoms with Crippen molar-refractivity contribution in [2.24, 2.45) is 0 Å². The van der Waals surface area contributed by atoms with Crippen molar-refractivity contribution in [2.75, 3.05) is 14.2 Å². The monoisotopic (exact) mass is 335 g/mol. The van der Waals surface area contributed by atoms with Gasteiger partial charge in [-0.1, -0.05) is 12.1 Å². The fraction of sp³-hybridized carbons (Fsp3) is 0.556. The van der Waals surface area contributed by atoms with Crippen LogP contribution in [0.5, 0.6) is 5.75 Å². The number of fused-ring (bicyclic) bond motifs is 1. The van der Waals surface area contributed by atoms with Crippen LogP contribution in [0.3, 0.4) is 0 Å². The Morgan fingerprint density at radius 2 is 1.96 bits per heavy atom. The number of benzene rings is 1. The van der Waals surface area contributed by atoms with Crippen LogP contribution in [-0.2, 0) is 22.4 Å². The summed E-state index contributed by atoms with van der Waals surface area (Å²) in [7, 11) is 3.05. The molecule has 132 valence electrons. The third kappa shape index (κ3) is 3.32. The summed E-state index contributed by atoms with van der Waals surface area (Å²) in [6, 6.07) is 5.67. The fourth-order valence-electron chi connectivity index (χ4n) is 3.08. The zero-order chi connectivity index (χ0) is 18.1. The lowest BCUT2D eigenvalue weighted by atomic mass is 9.76. The SMILES string of the molecule is COc1cccc2c1C[C@@](C(=O)O)(N(C)C(=O)OC(C)(C)C)CC2. The molecular formula is C18H25NO5. The maximum Gasteiger partial charge on any atom is 0.411 e. The van der Waals surface area contributed by atoms with Gasteiger partial charge >= 0.3 is 12.1 Å². The second-order valence-corrected chi connectivity index (χ2v) is 7.15. The minimum absolute atomic E-state index is 0.192. The molecule has 0 aliphatic heterocycles. The topological polar surface area (TPSA) is 76.1 Å². The third-order valence-electron chi connectivity index (χ3n) is 4.43. The summed E-state index contributed by atoms with van der Waals surface area (Å²) in [5.74, 6) is -0.386. The predicted molar refractivity (Wildman–Crippen MR) is 89.4 cm³/mol. The van der Waals surface area contributed by atoms with E-state index in [1.807, 2.05) is 18.2 Å². The van der Waals surface area contributed by atoms with Crippen LogP contribution < -0.4 is 4.74 Å². The van der Waals surface area contributed by atoms with Crippen LogP contribution in [0.4, 0.5) is 4.79 Å². The van der Waals surface area contributed by atoms with Crippen LogP contribution in [0.1, 0.15) is 38.3 Å². The molecule has 0 saturated carbocycles. The molecule has 0 saturated heterocycles. The average Bonchev–Trinajstić information content (AvgIpc) is 2.51. The van der Waals surface area contributed by atoms with E-state index in [0.717, 1.165) is 11.1 Å². The average molecular weight is 335 g/mol. The molecule has 0 aromatic heterocycles. The number of hydrogen-bond donors (Lipinski definition) is 1. The van der Waals surface area contributed by atoms with Gasteiger partial charge in [-0.2, -0.15) is 0 Å². The Labute approximate surface area is 142 Å². The Balaban J connectivity index is 2.39. The summed E-state index contributed by atoms with van der Waals surface area (Å²) in [4.78, 5) is 25.8. The summed E-state index contributed by atoms with van der Waals surface area (Å²) in [6.07, 6.45) is 0.449. The first-order valence-electron chi connectivity index (χ1n) is 7.96. The number of carbonyl (C=O) groups excluding carboxylic acids is 1. The molecule has 24 heavy (non-hydrogen) atoms. The van der Waals surface area contributed by atoms with Crippen molar-refractivity contribution in [2.45, 2.75) is 51.2 Å². The normalized spacial score (nSPS) is 20.0. The molecule has 0 unspecified atom stereocenters. The quantitative estimate of drug-likeness (QED) is 0.919. The first-order valence-corrected chi connectivity index (χ1v) is 7.96. The maximum atomic E-state index is 12.4. The molecule has 1 amide bonds. The van der Waals surface area contributed by atoms with E-state index in [1.54, 1.807) is 27.9 Å². The number of ether oxygens (including phenoxy) is 2. The number of aliphatic carboxylic acids is 1. The second kappa shape index (κ2) is 6.34. The van der Waals surface area contributed by atoms with Crippen LogP contribution in [-0.4, -0.2) is 47.4 Å². The molecule has 1 aliphatic carbocycles. The number of nitrogens with zero attached hydrogens (tertiary/aromatic N) is 1. The molecule has 0 radical (unpaired) electrons. The number of methoxy groups -OCH3 is 1. The number of likely N-dealkylation sites (N-methyl/N-ethyl adjacent to an activating group) is 1. The van der Waals surface area contributed by atoms with Gasteiger partial charge in [-0.3, -0.25) is 4.90 Å². The minimum atomic E-state index is -1.34. The summed E-state index contributed by atoms with van der Waals surface area (Å²) >= 11 is 0. The van der Waals surface area contributed by atoms with Crippen LogP contribution in [0.15, 0.2) is 18.2 Å². The third-order valence-corrected chi connectivity index (χ3v) is 4.43. The summed E-state index contributed by atoms with van der Waals surface area (Å²) in [6.45, 7) is 5.27. The van der Waals surface area contributed by atoms with E-state index in [0.29, 0.717) is 18.6 Å². The highest BCUT2D eigenvalue weighted by atomic mass is 16.6. The molecule has 1 aromatic rings. The predicted octanol–water partition coefficient (Wildman–Crippen LogP) is 2.87. The zero-order valence-electron chi connectivity index (χ0n) is 14.9. The van der Waals surface area contributed by atoms with Crippen molar-refractivity contribution in [3.05, 3.63) is 29.3 Å². The van der Waals surface area contributed by atoms with E-state index in [9.17, 15) is 14.7 Å². The van der Waals surface area contributed by atoms with Crippen molar-refractivity contribution < 1.29 is 24.2 Å². The lowest BCUT2D eigenvalue weighted by Crippen LogP contribution is -2.59. The zero-order valence-corrected chi connectivity index (χ0v) is 14.9. The molecule has 1 aromatic carbocycles. The van der Waals surface area contributed by atoms with E-state index in [4.69, 9.17) is 9.47 Å². The smallest absolute Gasteiger partial charge is 0.411 e. The molecule has 0 fully saturated rings. The minimum Gasteiger partial charge on any atom is -0.496 e. The summed E-state index contributed by atoms with van der Waals surface area (Å²) in [5.41, 5.74) is -0.132. The van der Waals surface area contributed by atoms with E-state index in [1.165, 1.54) is 11.9 Å². The molecule has 2 rings (SSSR count). The largest absolute Gasteiger partial charge is 0.496 e. The molecule has 0 spiro atoms. The number of carboxylic acid groups (broad SMARTS) is 1. The van der Waals surface area contributed by atoms with Gasteiger partial charge in [0.2, 0.25) is 0 Å². The van der Waals surface area contributed by atoms with Gasteiger partial charge in [-0.05, 0) is 45.2 Å². The van der Waals surface area contributed by atoms with Crippen molar-refractivity contribution in [3.63, 3.8) is 0 Å². The Bertz CT molecular complexity index is 635. The Hall–Kier alpha value is -2.24. The van der Waals surface area contributed by atoms with Crippen LogP contribution in [0.25, 0.3) is 0 Å². The van der Waals surface area contributed by atoms with E-state index < -0.39 is 23.2 Å². The first-order chi connectivity index (χ1) is 11.1. The van der Waals surface area contributed by atoms with Crippen molar-refractivity contribution in [3.8, 4) is 5.75 Å². The van der Waals surface area contributed by atoms with Crippen LogP contribution in [0, 0.1) is 0 Å². The van der Waals surface area contributed by atoms with E-state index in [-0.39, 0.29) is 6.42 Å². The standard InChI is InChI=1S/C18H25NO5/c1-17(2,3)24-16(22)19(4)18(15(20)21)10-9-12-7-6-8-14(23-5)13(12)11-18/h6-8H,9-11H2,1-5H3,(H,20,21)/t18-/m0/s1. The van der Waals surface area contributed by atoms with Gasteiger partial charge in [0, 0.05) is 19.0 Å². The van der Waals surface area contributed by atoms with Crippen molar-refractivity contribution >= 4 is 12.1 Å². The number of carbonyl (C=O) groups is 2. The van der Waals surface area contributed by atoms with Gasteiger partial charge < -0.3 is 14.6 Å². The lowest BCUT2D eigenvalue weighted by molar-refractivity contribution is -0.151. The summed E-state index contributed by atoms with van der Waals surface area (Å²) < 4.78 is 10.7. The summed E-state index contributed by atoms with van der Waals surface area (Å²) in [5, 5.41) is 9.91. The molecule has 0 heterocycles. The molecule has 1 atom stereocenters. The highest BCUT2D eigenvalue weighted by Crippen LogP contribution is 2.38. The number of aryl methyl sites for hydroxylation is 1. The van der Waals surface area contributed by atoms with Gasteiger partial charge in [0.15, 0.2) is 0 Å².